The Morgan fingerprint density at radius 2 is 1.45 bits per heavy atom. The van der Waals surface area contributed by atoms with E-state index in [-0.39, 0.29) is 19.8 Å². The molecule has 0 aliphatic carbocycles. The van der Waals surface area contributed by atoms with Crippen LogP contribution in [0.4, 0.5) is 0 Å². The number of carbonyl (C=O) groups is 4. The van der Waals surface area contributed by atoms with Crippen LogP contribution in [0.3, 0.4) is 0 Å². The first-order valence-corrected chi connectivity index (χ1v) is 7.32. The van der Waals surface area contributed by atoms with E-state index < -0.39 is 40.9 Å². The number of carbonyl (C=O) groups excluding carboxylic acids is 4. The molecule has 0 saturated heterocycles. The van der Waals surface area contributed by atoms with Gasteiger partial charge in [0.2, 0.25) is 4.87 Å². The van der Waals surface area contributed by atoms with Gasteiger partial charge in [0.15, 0.2) is 5.78 Å². The minimum atomic E-state index is -2.32. The number of hydrogen-bond acceptors (Lipinski definition) is 7. The highest BCUT2D eigenvalue weighted by Gasteiger charge is 2.55. The molecule has 7 nitrogen and oxygen atoms in total. The summed E-state index contributed by atoms with van der Waals surface area (Å²) in [6.07, 6.45) is -0.561. The van der Waals surface area contributed by atoms with Crippen LogP contribution in [0, 0.1) is 5.92 Å². The highest BCUT2D eigenvalue weighted by molar-refractivity contribution is 6.47. The van der Waals surface area contributed by atoms with Crippen molar-refractivity contribution < 1.29 is 33.4 Å². The van der Waals surface area contributed by atoms with E-state index in [1.54, 1.807) is 13.8 Å². The zero-order valence-electron chi connectivity index (χ0n) is 13.1. The molecule has 22 heavy (non-hydrogen) atoms. The molecule has 0 amide bonds. The topological polar surface area (TPSA) is 96.0 Å². The summed E-state index contributed by atoms with van der Waals surface area (Å²) in [5, 5.41) is 0. The predicted molar refractivity (Wildman–Crippen MR) is 77.3 cm³/mol. The lowest BCUT2D eigenvalue weighted by atomic mass is 9.85. The Bertz CT molecular complexity index is 435. The van der Waals surface area contributed by atoms with Gasteiger partial charge in [-0.25, -0.2) is 4.79 Å². The third-order valence-corrected chi connectivity index (χ3v) is 3.50. The first kappa shape index (κ1) is 20.4. The van der Waals surface area contributed by atoms with Crippen molar-refractivity contribution >= 4 is 35.3 Å². The zero-order chi connectivity index (χ0) is 17.3. The molecule has 2 unspecified atom stereocenters. The van der Waals surface area contributed by atoms with Gasteiger partial charge in [0.25, 0.3) is 0 Å². The summed E-state index contributed by atoms with van der Waals surface area (Å²) < 4.78 is 14.3. The Kier molecular flexibility index (Phi) is 8.70. The van der Waals surface area contributed by atoms with E-state index in [1.807, 2.05) is 0 Å². The first-order valence-electron chi connectivity index (χ1n) is 6.94. The summed E-state index contributed by atoms with van der Waals surface area (Å²) in [5.74, 6) is -5.13. The van der Waals surface area contributed by atoms with Gasteiger partial charge in [-0.05, 0) is 27.7 Å². The third-order valence-electron chi connectivity index (χ3n) is 2.81. The van der Waals surface area contributed by atoms with Gasteiger partial charge in [-0.2, -0.15) is 0 Å². The number of ether oxygens (including phenoxy) is 3. The molecule has 2 atom stereocenters. The normalized spacial score (nSPS) is 14.4. The Hall–Kier alpha value is -1.63. The standard InChI is InChI=1S/C14H21ClO7/c1-5-20-11(17)8-10(12(18)21-6-2)14(15,9(4)16)13(19)22-7-3/h10H,5-8H2,1-4H3. The molecule has 0 aromatic rings. The number of halogens is 1. The van der Waals surface area contributed by atoms with Crippen LogP contribution in [-0.2, 0) is 33.4 Å². The van der Waals surface area contributed by atoms with E-state index in [0.717, 1.165) is 6.92 Å². The molecule has 0 radical (unpaired) electrons. The van der Waals surface area contributed by atoms with Crippen LogP contribution in [0.5, 0.6) is 0 Å². The van der Waals surface area contributed by atoms with Crippen molar-refractivity contribution in [3.05, 3.63) is 0 Å². The second-order valence-electron chi connectivity index (χ2n) is 4.30. The Morgan fingerprint density at radius 1 is 0.955 bits per heavy atom. The molecule has 8 heteroatoms. The van der Waals surface area contributed by atoms with E-state index >= 15 is 0 Å². The van der Waals surface area contributed by atoms with E-state index in [0.29, 0.717) is 0 Å². The monoisotopic (exact) mass is 336 g/mol. The Morgan fingerprint density at radius 3 is 1.86 bits per heavy atom. The van der Waals surface area contributed by atoms with Crippen molar-refractivity contribution in [3.8, 4) is 0 Å². The number of hydrogen-bond donors (Lipinski definition) is 0. The van der Waals surface area contributed by atoms with E-state index in [1.165, 1.54) is 6.92 Å². The van der Waals surface area contributed by atoms with Crippen LogP contribution < -0.4 is 0 Å². The van der Waals surface area contributed by atoms with Gasteiger partial charge in [-0.15, -0.1) is 0 Å². The van der Waals surface area contributed by atoms with Gasteiger partial charge in [0.05, 0.1) is 26.2 Å². The van der Waals surface area contributed by atoms with Crippen molar-refractivity contribution in [3.63, 3.8) is 0 Å². The van der Waals surface area contributed by atoms with Gasteiger partial charge < -0.3 is 14.2 Å². The maximum Gasteiger partial charge on any atom is 0.335 e. The molecule has 0 N–H and O–H groups in total. The summed E-state index contributed by atoms with van der Waals surface area (Å²) in [7, 11) is 0. The molecule has 126 valence electrons. The number of esters is 3. The molecule has 0 aliphatic rings. The maximum atomic E-state index is 12.1. The molecule has 0 spiro atoms. The summed E-state index contributed by atoms with van der Waals surface area (Å²) >= 11 is 6.11. The van der Waals surface area contributed by atoms with Gasteiger partial charge in [0, 0.05) is 0 Å². The quantitative estimate of drug-likeness (QED) is 0.270. The number of ketones is 1. The lowest BCUT2D eigenvalue weighted by Gasteiger charge is -2.28. The van der Waals surface area contributed by atoms with E-state index in [4.69, 9.17) is 25.8 Å². The van der Waals surface area contributed by atoms with Crippen LogP contribution in [0.15, 0.2) is 0 Å². The van der Waals surface area contributed by atoms with Crippen molar-refractivity contribution in [2.45, 2.75) is 39.0 Å². The average Bonchev–Trinajstić information content (AvgIpc) is 2.44. The highest BCUT2D eigenvalue weighted by atomic mass is 35.5. The van der Waals surface area contributed by atoms with Crippen molar-refractivity contribution in [2.75, 3.05) is 19.8 Å². The second kappa shape index (κ2) is 9.40. The molecular formula is C14H21ClO7. The van der Waals surface area contributed by atoms with Gasteiger partial charge >= 0.3 is 17.9 Å². The van der Waals surface area contributed by atoms with Crippen LogP contribution in [0.25, 0.3) is 0 Å². The van der Waals surface area contributed by atoms with Crippen molar-refractivity contribution in [1.82, 2.24) is 0 Å². The SMILES string of the molecule is CCOC(=O)CC(C(=O)OCC)C(Cl)(C(C)=O)C(=O)OCC. The van der Waals surface area contributed by atoms with Crippen LogP contribution in [0.1, 0.15) is 34.1 Å². The van der Waals surface area contributed by atoms with Gasteiger partial charge in [-0.1, -0.05) is 11.6 Å². The smallest absolute Gasteiger partial charge is 0.335 e. The van der Waals surface area contributed by atoms with Crippen LogP contribution in [-0.4, -0.2) is 48.4 Å². The number of Topliss-reactive ketones (excluding diaryl/α,β-unsaturated/α-hetero) is 1. The lowest BCUT2D eigenvalue weighted by molar-refractivity contribution is -0.164. The lowest BCUT2D eigenvalue weighted by Crippen LogP contribution is -2.52. The van der Waals surface area contributed by atoms with E-state index in [9.17, 15) is 19.2 Å². The molecule has 0 saturated carbocycles. The molecule has 0 bridgehead atoms. The summed E-state index contributed by atoms with van der Waals surface area (Å²) in [4.78, 5) is 45.3. The molecule has 0 heterocycles. The van der Waals surface area contributed by atoms with E-state index in [2.05, 4.69) is 0 Å². The third kappa shape index (κ3) is 4.98. The largest absolute Gasteiger partial charge is 0.466 e. The Labute approximate surface area is 134 Å². The molecule has 0 aliphatic heterocycles. The predicted octanol–water partition coefficient (Wildman–Crippen LogP) is 1.25. The van der Waals surface area contributed by atoms with Crippen LogP contribution >= 0.6 is 11.6 Å². The fraction of sp³-hybridized carbons (Fsp3) is 0.714. The number of rotatable bonds is 9. The minimum absolute atomic E-state index is 0.00581. The molecule has 0 rings (SSSR count). The maximum absolute atomic E-state index is 12.1. The molecule has 0 fully saturated rings. The summed E-state index contributed by atoms with van der Waals surface area (Å²) in [6, 6.07) is 0. The highest BCUT2D eigenvalue weighted by Crippen LogP contribution is 2.33. The van der Waals surface area contributed by atoms with Crippen LogP contribution in [0.2, 0.25) is 0 Å². The average molecular weight is 337 g/mol. The number of alkyl halides is 1. The fourth-order valence-electron chi connectivity index (χ4n) is 1.78. The second-order valence-corrected chi connectivity index (χ2v) is 4.90. The Balaban J connectivity index is 5.64. The van der Waals surface area contributed by atoms with Gasteiger partial charge in [0.1, 0.15) is 5.92 Å². The fourth-order valence-corrected chi connectivity index (χ4v) is 2.00. The molecule has 0 aromatic carbocycles. The summed E-state index contributed by atoms with van der Waals surface area (Å²) in [5.41, 5.74) is 0. The summed E-state index contributed by atoms with van der Waals surface area (Å²) in [6.45, 7) is 5.76. The first-order chi connectivity index (χ1) is 10.2. The van der Waals surface area contributed by atoms with Crippen molar-refractivity contribution in [1.29, 1.82) is 0 Å². The minimum Gasteiger partial charge on any atom is -0.466 e. The van der Waals surface area contributed by atoms with Crippen molar-refractivity contribution in [2.24, 2.45) is 5.92 Å². The van der Waals surface area contributed by atoms with Gasteiger partial charge in [-0.3, -0.25) is 14.4 Å². The zero-order valence-corrected chi connectivity index (χ0v) is 13.9. The molecular weight excluding hydrogens is 316 g/mol. The molecule has 0 aromatic heterocycles.